The van der Waals surface area contributed by atoms with Crippen LogP contribution < -0.4 is 11.1 Å². The van der Waals surface area contributed by atoms with Crippen molar-refractivity contribution in [2.75, 3.05) is 24.7 Å². The quantitative estimate of drug-likeness (QED) is 0.464. The molecule has 3 N–H and O–H groups in total. The SMILES string of the molecule is COC(=O)c1cccc(C#Cc2c(N)nc(NCC(=O)OC(C)(C)C)c3ncn(C)c23)n1. The molecule has 0 radical (unpaired) electrons. The minimum absolute atomic E-state index is 0.0926. The number of ether oxygens (including phenoxy) is 2. The smallest absolute Gasteiger partial charge is 0.356 e. The second-order valence-corrected chi connectivity index (χ2v) is 7.86. The number of pyridine rings is 2. The van der Waals surface area contributed by atoms with E-state index in [1.807, 2.05) is 0 Å². The molecule has 3 aromatic heterocycles. The molecule has 0 spiro atoms. The maximum absolute atomic E-state index is 12.1. The number of rotatable bonds is 4. The van der Waals surface area contributed by atoms with E-state index >= 15 is 0 Å². The average Bonchev–Trinajstić information content (AvgIpc) is 3.11. The Morgan fingerprint density at radius 2 is 1.97 bits per heavy atom. The summed E-state index contributed by atoms with van der Waals surface area (Å²) in [5.41, 5.74) is 7.71. The van der Waals surface area contributed by atoms with Gasteiger partial charge in [0.2, 0.25) is 0 Å². The predicted molar refractivity (Wildman–Crippen MR) is 119 cm³/mol. The van der Waals surface area contributed by atoms with Crippen LogP contribution in [-0.2, 0) is 21.3 Å². The predicted octanol–water partition coefficient (Wildman–Crippen LogP) is 1.89. The number of fused-ring (bicyclic) bond motifs is 1. The molecule has 3 heterocycles. The molecule has 3 aromatic rings. The number of nitrogens with zero attached hydrogens (tertiary/aromatic N) is 4. The lowest BCUT2D eigenvalue weighted by Gasteiger charge is -2.19. The lowest BCUT2D eigenvalue weighted by molar-refractivity contribution is -0.152. The van der Waals surface area contributed by atoms with E-state index in [1.54, 1.807) is 50.8 Å². The van der Waals surface area contributed by atoms with Gasteiger partial charge in [-0.25, -0.2) is 19.7 Å². The summed E-state index contributed by atoms with van der Waals surface area (Å²) in [4.78, 5) is 36.6. The van der Waals surface area contributed by atoms with Gasteiger partial charge in [-0.05, 0) is 38.8 Å². The molecule has 3 rings (SSSR count). The molecule has 10 heteroatoms. The summed E-state index contributed by atoms with van der Waals surface area (Å²) in [5.74, 6) is 5.40. The second kappa shape index (κ2) is 8.93. The molecule has 0 fully saturated rings. The van der Waals surface area contributed by atoms with E-state index in [0.29, 0.717) is 28.1 Å². The second-order valence-electron chi connectivity index (χ2n) is 7.86. The van der Waals surface area contributed by atoms with E-state index in [2.05, 4.69) is 36.8 Å². The molecule has 166 valence electrons. The van der Waals surface area contributed by atoms with Crippen molar-refractivity contribution in [3.63, 3.8) is 0 Å². The Bertz CT molecular complexity index is 1250. The number of carbonyl (C=O) groups excluding carboxylic acids is 2. The van der Waals surface area contributed by atoms with Gasteiger partial charge >= 0.3 is 11.9 Å². The zero-order valence-corrected chi connectivity index (χ0v) is 18.5. The number of imidazole rings is 1. The van der Waals surface area contributed by atoms with E-state index in [0.717, 1.165) is 0 Å². The zero-order valence-electron chi connectivity index (χ0n) is 18.5. The Morgan fingerprint density at radius 3 is 2.66 bits per heavy atom. The molecule has 0 unspecified atom stereocenters. The highest BCUT2D eigenvalue weighted by Gasteiger charge is 2.19. The van der Waals surface area contributed by atoms with Gasteiger partial charge in [0, 0.05) is 7.05 Å². The number of carbonyl (C=O) groups is 2. The molecule has 10 nitrogen and oxygen atoms in total. The number of nitrogens with one attached hydrogen (secondary N) is 1. The highest BCUT2D eigenvalue weighted by molar-refractivity contribution is 5.95. The summed E-state index contributed by atoms with van der Waals surface area (Å²) in [5, 5.41) is 2.94. The van der Waals surface area contributed by atoms with Crippen LogP contribution in [0.4, 0.5) is 11.6 Å². The number of hydrogen-bond acceptors (Lipinski definition) is 9. The Balaban J connectivity index is 1.94. The first kappa shape index (κ1) is 22.6. The zero-order chi connectivity index (χ0) is 23.5. The third-order valence-electron chi connectivity index (χ3n) is 4.17. The number of aryl methyl sites for hydroxylation is 1. The van der Waals surface area contributed by atoms with E-state index in [1.165, 1.54) is 13.2 Å². The summed E-state index contributed by atoms with van der Waals surface area (Å²) in [6, 6.07) is 4.87. The van der Waals surface area contributed by atoms with Gasteiger partial charge in [0.15, 0.2) is 5.82 Å². The van der Waals surface area contributed by atoms with E-state index < -0.39 is 17.5 Å². The maximum Gasteiger partial charge on any atom is 0.356 e. The van der Waals surface area contributed by atoms with E-state index in [-0.39, 0.29) is 18.1 Å². The van der Waals surface area contributed by atoms with Gasteiger partial charge in [0.25, 0.3) is 0 Å². The lowest BCUT2D eigenvalue weighted by atomic mass is 10.2. The van der Waals surface area contributed by atoms with Crippen LogP contribution in [0, 0.1) is 11.8 Å². The number of aromatic nitrogens is 4. The van der Waals surface area contributed by atoms with Crippen LogP contribution in [0.3, 0.4) is 0 Å². The largest absolute Gasteiger partial charge is 0.464 e. The standard InChI is InChI=1S/C22H24N6O4/c1-22(2,3)32-16(29)11-24-20-17-18(28(4)12-25-17)14(19(23)27-20)10-9-13-7-6-8-15(26-13)21(30)31-5/h6-8,12H,11H2,1-5H3,(H3,23,24,27). The van der Waals surface area contributed by atoms with Crippen LogP contribution in [0.25, 0.3) is 11.0 Å². The molecule has 0 aliphatic carbocycles. The molecule has 0 amide bonds. The van der Waals surface area contributed by atoms with Crippen LogP contribution in [0.5, 0.6) is 0 Å². The molecule has 0 aromatic carbocycles. The number of hydrogen-bond donors (Lipinski definition) is 2. The number of methoxy groups -OCH3 is 1. The van der Waals surface area contributed by atoms with E-state index in [9.17, 15) is 9.59 Å². The van der Waals surface area contributed by atoms with Gasteiger partial charge < -0.3 is 25.1 Å². The van der Waals surface area contributed by atoms with Crippen LogP contribution in [-0.4, -0.2) is 50.7 Å². The first-order valence-corrected chi connectivity index (χ1v) is 9.72. The summed E-state index contributed by atoms with van der Waals surface area (Å²) < 4.78 is 11.7. The van der Waals surface area contributed by atoms with Gasteiger partial charge in [-0.2, -0.15) is 0 Å². The van der Waals surface area contributed by atoms with Crippen LogP contribution in [0.1, 0.15) is 42.5 Å². The monoisotopic (exact) mass is 436 g/mol. The van der Waals surface area contributed by atoms with Crippen molar-refractivity contribution in [3.05, 3.63) is 41.5 Å². The molecule has 0 aliphatic heterocycles. The average molecular weight is 436 g/mol. The fraction of sp³-hybridized carbons (Fsp3) is 0.318. The number of nitrogens with two attached hydrogens (primary N) is 1. The Morgan fingerprint density at radius 1 is 1.22 bits per heavy atom. The summed E-state index contributed by atoms with van der Waals surface area (Å²) >= 11 is 0. The summed E-state index contributed by atoms with van der Waals surface area (Å²) in [6.45, 7) is 5.29. The summed E-state index contributed by atoms with van der Waals surface area (Å²) in [6.07, 6.45) is 1.60. The fourth-order valence-electron chi connectivity index (χ4n) is 2.88. The lowest BCUT2D eigenvalue weighted by Crippen LogP contribution is -2.28. The van der Waals surface area contributed by atoms with Gasteiger partial charge in [-0.15, -0.1) is 0 Å². The first-order chi connectivity index (χ1) is 15.1. The Hall–Kier alpha value is -4.13. The van der Waals surface area contributed by atoms with Gasteiger partial charge in [-0.3, -0.25) is 4.79 Å². The molecular formula is C22H24N6O4. The highest BCUT2D eigenvalue weighted by Crippen LogP contribution is 2.27. The van der Waals surface area contributed by atoms with Crippen molar-refractivity contribution in [1.82, 2.24) is 19.5 Å². The molecule has 32 heavy (non-hydrogen) atoms. The van der Waals surface area contributed by atoms with Crippen molar-refractivity contribution in [2.45, 2.75) is 26.4 Å². The molecule has 0 saturated carbocycles. The van der Waals surface area contributed by atoms with Crippen molar-refractivity contribution < 1.29 is 19.1 Å². The molecule has 0 bridgehead atoms. The van der Waals surface area contributed by atoms with Crippen molar-refractivity contribution in [1.29, 1.82) is 0 Å². The normalized spacial score (nSPS) is 10.9. The van der Waals surface area contributed by atoms with Crippen molar-refractivity contribution in [2.24, 2.45) is 7.05 Å². The molecular weight excluding hydrogens is 412 g/mol. The minimum atomic E-state index is -0.593. The van der Waals surface area contributed by atoms with Gasteiger partial charge in [0.05, 0.1) is 24.5 Å². The number of nitrogen functional groups attached to an aromatic ring is 1. The van der Waals surface area contributed by atoms with E-state index in [4.69, 9.17) is 10.5 Å². The third-order valence-corrected chi connectivity index (χ3v) is 4.17. The number of anilines is 2. The van der Waals surface area contributed by atoms with Crippen LogP contribution in [0.2, 0.25) is 0 Å². The summed E-state index contributed by atoms with van der Waals surface area (Å²) in [7, 11) is 3.08. The molecule has 0 aliphatic rings. The van der Waals surface area contributed by atoms with Crippen LogP contribution >= 0.6 is 0 Å². The number of esters is 2. The highest BCUT2D eigenvalue weighted by atomic mass is 16.6. The molecule has 0 saturated heterocycles. The topological polar surface area (TPSA) is 134 Å². The Kier molecular flexibility index (Phi) is 6.30. The van der Waals surface area contributed by atoms with Gasteiger partial charge in [0.1, 0.15) is 34.9 Å². The van der Waals surface area contributed by atoms with Crippen molar-refractivity contribution in [3.8, 4) is 11.8 Å². The minimum Gasteiger partial charge on any atom is -0.464 e. The maximum atomic E-state index is 12.1. The van der Waals surface area contributed by atoms with Gasteiger partial charge in [-0.1, -0.05) is 12.0 Å². The van der Waals surface area contributed by atoms with Crippen molar-refractivity contribution >= 4 is 34.6 Å². The fourth-order valence-corrected chi connectivity index (χ4v) is 2.88. The van der Waals surface area contributed by atoms with Crippen LogP contribution in [0.15, 0.2) is 24.5 Å². The third kappa shape index (κ3) is 5.13. The Labute approximate surface area is 185 Å². The molecule has 0 atom stereocenters. The first-order valence-electron chi connectivity index (χ1n) is 9.72.